The molecule has 1 aliphatic rings. The third-order valence-corrected chi connectivity index (χ3v) is 6.30. The number of nitrogens with zero attached hydrogens (tertiary/aromatic N) is 4. The number of halogens is 1. The number of para-hydroxylation sites is 2. The molecule has 3 aromatic heterocycles. The van der Waals surface area contributed by atoms with Crippen LogP contribution in [0.1, 0.15) is 31.1 Å². The zero-order valence-electron chi connectivity index (χ0n) is 18.9. The van der Waals surface area contributed by atoms with Crippen molar-refractivity contribution in [2.24, 2.45) is 0 Å². The van der Waals surface area contributed by atoms with Crippen molar-refractivity contribution in [2.75, 3.05) is 37.7 Å². The van der Waals surface area contributed by atoms with E-state index < -0.39 is 17.2 Å². The Kier molecular flexibility index (Phi) is 5.28. The van der Waals surface area contributed by atoms with Crippen LogP contribution in [0.25, 0.3) is 27.7 Å². The van der Waals surface area contributed by atoms with Crippen LogP contribution in [0, 0.1) is 5.82 Å². The van der Waals surface area contributed by atoms with E-state index in [1.165, 1.54) is 6.07 Å². The standard InChI is InChI=1S/C24H26FN5O3/c1-4-33-24(32)19-20(31)15-13-16(25)22(29-11-9-28(10-12-29)14(2)3)27-21(15)30-18-8-6-5-7-17(18)26-23(19)30/h5-8,13-14,26H,4,9-12H2,1-3H3. The fraction of sp³-hybridized carbons (Fsp3) is 0.375. The first kappa shape index (κ1) is 21.4. The van der Waals surface area contributed by atoms with Crippen molar-refractivity contribution in [3.8, 4) is 0 Å². The maximum absolute atomic E-state index is 15.3. The van der Waals surface area contributed by atoms with Gasteiger partial charge in [-0.1, -0.05) is 12.1 Å². The lowest BCUT2D eigenvalue weighted by Crippen LogP contribution is -2.49. The summed E-state index contributed by atoms with van der Waals surface area (Å²) in [5, 5.41) is 0.0439. The lowest BCUT2D eigenvalue weighted by molar-refractivity contribution is 0.0527. The molecule has 1 aliphatic heterocycles. The Morgan fingerprint density at radius 1 is 1.21 bits per heavy atom. The van der Waals surface area contributed by atoms with E-state index >= 15 is 4.39 Å². The number of anilines is 1. The molecule has 1 saturated heterocycles. The lowest BCUT2D eigenvalue weighted by Gasteiger charge is -2.37. The van der Waals surface area contributed by atoms with Crippen molar-refractivity contribution in [3.63, 3.8) is 0 Å². The van der Waals surface area contributed by atoms with Gasteiger partial charge in [0.05, 0.1) is 23.0 Å². The molecule has 0 bridgehead atoms. The first-order valence-corrected chi connectivity index (χ1v) is 11.2. The molecule has 5 rings (SSSR count). The van der Waals surface area contributed by atoms with E-state index in [-0.39, 0.29) is 23.4 Å². The Morgan fingerprint density at radius 3 is 2.64 bits per heavy atom. The van der Waals surface area contributed by atoms with Gasteiger partial charge in [0.25, 0.3) is 0 Å². The molecule has 0 amide bonds. The Labute approximate surface area is 189 Å². The van der Waals surface area contributed by atoms with Gasteiger partial charge < -0.3 is 14.6 Å². The Morgan fingerprint density at radius 2 is 1.94 bits per heavy atom. The molecule has 0 unspecified atom stereocenters. The first-order chi connectivity index (χ1) is 15.9. The van der Waals surface area contributed by atoms with Gasteiger partial charge in [-0.15, -0.1) is 0 Å². The van der Waals surface area contributed by atoms with Crippen LogP contribution < -0.4 is 10.3 Å². The average molecular weight is 452 g/mol. The summed E-state index contributed by atoms with van der Waals surface area (Å²) in [6.07, 6.45) is 0. The number of nitrogens with one attached hydrogen (secondary N) is 1. The van der Waals surface area contributed by atoms with Gasteiger partial charge in [0.1, 0.15) is 11.2 Å². The highest BCUT2D eigenvalue weighted by atomic mass is 19.1. The number of ether oxygens (including phenoxy) is 1. The molecule has 1 aromatic carbocycles. The SMILES string of the molecule is CCOC(=O)c1c(=O)c2cc(F)c(N3CCN(C(C)C)CC3)nc2n2c1[nH]c1ccccc12. The van der Waals surface area contributed by atoms with Crippen molar-refractivity contribution in [3.05, 3.63) is 51.9 Å². The zero-order chi connectivity index (χ0) is 23.3. The predicted molar refractivity (Wildman–Crippen MR) is 126 cm³/mol. The minimum atomic E-state index is -0.747. The van der Waals surface area contributed by atoms with Gasteiger partial charge in [0, 0.05) is 32.2 Å². The van der Waals surface area contributed by atoms with Crippen LogP contribution in [0.5, 0.6) is 0 Å². The van der Waals surface area contributed by atoms with Gasteiger partial charge >= 0.3 is 5.97 Å². The number of hydrogen-bond donors (Lipinski definition) is 1. The summed E-state index contributed by atoms with van der Waals surface area (Å²) in [5.74, 6) is -1.11. The lowest BCUT2D eigenvalue weighted by atomic mass is 10.1. The maximum Gasteiger partial charge on any atom is 0.345 e. The maximum atomic E-state index is 15.3. The molecule has 1 N–H and O–H groups in total. The molecule has 4 aromatic rings. The van der Waals surface area contributed by atoms with Crippen LogP contribution in [0.3, 0.4) is 0 Å². The summed E-state index contributed by atoms with van der Waals surface area (Å²) in [4.78, 5) is 38.1. The minimum absolute atomic E-state index is 0.0439. The summed E-state index contributed by atoms with van der Waals surface area (Å²) in [7, 11) is 0. The van der Waals surface area contributed by atoms with E-state index in [1.807, 2.05) is 29.2 Å². The molecule has 8 nitrogen and oxygen atoms in total. The van der Waals surface area contributed by atoms with Gasteiger partial charge in [-0.05, 0) is 39.0 Å². The zero-order valence-corrected chi connectivity index (χ0v) is 18.9. The van der Waals surface area contributed by atoms with E-state index in [4.69, 9.17) is 4.74 Å². The monoisotopic (exact) mass is 451 g/mol. The molecule has 172 valence electrons. The molecular weight excluding hydrogens is 425 g/mol. The molecule has 33 heavy (non-hydrogen) atoms. The van der Waals surface area contributed by atoms with E-state index in [0.29, 0.717) is 30.4 Å². The van der Waals surface area contributed by atoms with E-state index in [0.717, 1.165) is 24.1 Å². The number of piperazine rings is 1. The smallest absolute Gasteiger partial charge is 0.345 e. The molecule has 0 atom stereocenters. The number of aromatic amines is 1. The van der Waals surface area contributed by atoms with Crippen LogP contribution in [0.4, 0.5) is 10.2 Å². The minimum Gasteiger partial charge on any atom is -0.462 e. The molecule has 0 spiro atoms. The molecule has 0 radical (unpaired) electrons. The van der Waals surface area contributed by atoms with Crippen LogP contribution in [-0.2, 0) is 4.74 Å². The summed E-state index contributed by atoms with van der Waals surface area (Å²) in [6, 6.07) is 9.06. The van der Waals surface area contributed by atoms with Crippen molar-refractivity contribution in [2.45, 2.75) is 26.8 Å². The van der Waals surface area contributed by atoms with Crippen molar-refractivity contribution in [1.29, 1.82) is 0 Å². The van der Waals surface area contributed by atoms with Crippen LogP contribution in [0.2, 0.25) is 0 Å². The predicted octanol–water partition coefficient (Wildman–Crippen LogP) is 3.18. The highest BCUT2D eigenvalue weighted by molar-refractivity contribution is 6.03. The van der Waals surface area contributed by atoms with Gasteiger partial charge in [0.15, 0.2) is 17.3 Å². The molecule has 1 fully saturated rings. The molecule has 0 saturated carbocycles. The average Bonchev–Trinajstić information content (AvgIpc) is 3.18. The number of aromatic nitrogens is 3. The Balaban J connectivity index is 1.77. The first-order valence-electron chi connectivity index (χ1n) is 11.2. The summed E-state index contributed by atoms with van der Waals surface area (Å²) in [5.41, 5.74) is 1.31. The molecule has 9 heteroatoms. The second-order valence-electron chi connectivity index (χ2n) is 8.53. The van der Waals surface area contributed by atoms with E-state index in [2.05, 4.69) is 28.7 Å². The quantitative estimate of drug-likeness (QED) is 0.480. The number of pyridine rings is 2. The van der Waals surface area contributed by atoms with E-state index in [9.17, 15) is 9.59 Å². The fourth-order valence-corrected chi connectivity index (χ4v) is 4.59. The number of esters is 1. The second kappa shape index (κ2) is 8.15. The highest BCUT2D eigenvalue weighted by Gasteiger charge is 2.27. The number of imidazole rings is 1. The summed E-state index contributed by atoms with van der Waals surface area (Å²) < 4.78 is 22.1. The highest BCUT2D eigenvalue weighted by Crippen LogP contribution is 2.27. The number of hydrogen-bond acceptors (Lipinski definition) is 6. The summed E-state index contributed by atoms with van der Waals surface area (Å²) in [6.45, 7) is 8.97. The fourth-order valence-electron chi connectivity index (χ4n) is 4.59. The van der Waals surface area contributed by atoms with Crippen LogP contribution in [0.15, 0.2) is 35.1 Å². The van der Waals surface area contributed by atoms with Crippen molar-refractivity contribution in [1.82, 2.24) is 19.3 Å². The van der Waals surface area contributed by atoms with Gasteiger partial charge in [-0.2, -0.15) is 0 Å². The van der Waals surface area contributed by atoms with Crippen LogP contribution in [-0.4, -0.2) is 64.1 Å². The van der Waals surface area contributed by atoms with Crippen molar-refractivity contribution < 1.29 is 13.9 Å². The number of rotatable bonds is 4. The number of benzene rings is 1. The Hall–Kier alpha value is -3.46. The largest absolute Gasteiger partial charge is 0.462 e. The van der Waals surface area contributed by atoms with Crippen LogP contribution >= 0.6 is 0 Å². The number of carbonyl (C=O) groups is 1. The normalized spacial score (nSPS) is 15.2. The van der Waals surface area contributed by atoms with E-state index in [1.54, 1.807) is 11.3 Å². The van der Waals surface area contributed by atoms with Gasteiger partial charge in [-0.25, -0.2) is 14.2 Å². The molecular formula is C24H26FN5O3. The van der Waals surface area contributed by atoms with Crippen molar-refractivity contribution >= 4 is 39.5 Å². The second-order valence-corrected chi connectivity index (χ2v) is 8.53. The third-order valence-electron chi connectivity index (χ3n) is 6.30. The third kappa shape index (κ3) is 3.43. The number of carbonyl (C=O) groups excluding carboxylic acids is 1. The topological polar surface area (TPSA) is 82.9 Å². The van der Waals surface area contributed by atoms with Gasteiger partial charge in [0.2, 0.25) is 5.43 Å². The summed E-state index contributed by atoms with van der Waals surface area (Å²) >= 11 is 0. The number of H-pyrrole nitrogens is 1. The molecule has 4 heterocycles. The van der Waals surface area contributed by atoms with Gasteiger partial charge in [-0.3, -0.25) is 14.1 Å². The molecule has 0 aliphatic carbocycles. The number of fused-ring (bicyclic) bond motifs is 5. The Bertz CT molecular complexity index is 1430.